The number of carbonyl (C=O) groups excluding carboxylic acids is 1. The van der Waals surface area contributed by atoms with Crippen molar-refractivity contribution in [2.45, 2.75) is 25.8 Å². The minimum absolute atomic E-state index is 0.0487. The second kappa shape index (κ2) is 5.98. The minimum atomic E-state index is 0.0487. The van der Waals surface area contributed by atoms with E-state index in [0.29, 0.717) is 6.04 Å². The van der Waals surface area contributed by atoms with Crippen molar-refractivity contribution in [3.8, 4) is 0 Å². The van der Waals surface area contributed by atoms with Crippen molar-refractivity contribution < 1.29 is 4.79 Å². The first kappa shape index (κ1) is 11.5. The molecule has 14 heavy (non-hydrogen) atoms. The number of hydrogen-bond donors (Lipinski definition) is 2. The molecule has 1 amide bonds. The smallest absolute Gasteiger partial charge is 0.216 e. The van der Waals surface area contributed by atoms with E-state index in [1.165, 1.54) is 19.4 Å². The van der Waals surface area contributed by atoms with Crippen LogP contribution in [0, 0.1) is 0 Å². The molecule has 0 saturated carbocycles. The highest BCUT2D eigenvalue weighted by molar-refractivity contribution is 5.72. The number of carbonyl (C=O) groups is 1. The van der Waals surface area contributed by atoms with E-state index in [-0.39, 0.29) is 5.91 Å². The van der Waals surface area contributed by atoms with E-state index in [1.54, 1.807) is 6.92 Å². The molecule has 1 aliphatic heterocycles. The highest BCUT2D eigenvalue weighted by Crippen LogP contribution is 2.06. The zero-order chi connectivity index (χ0) is 10.4. The molecule has 1 heterocycles. The standard InChI is InChI=1S/C10H21N3O/c1-9(14)11-5-6-12-10-4-3-7-13(2)8-10/h10,12H,3-8H2,1-2H3,(H,11,14). The van der Waals surface area contributed by atoms with Crippen molar-refractivity contribution in [3.05, 3.63) is 0 Å². The van der Waals surface area contributed by atoms with Crippen molar-refractivity contribution in [2.24, 2.45) is 0 Å². The molecule has 4 heteroatoms. The lowest BCUT2D eigenvalue weighted by atomic mass is 10.1. The van der Waals surface area contributed by atoms with Gasteiger partial charge in [-0.25, -0.2) is 0 Å². The molecule has 1 rings (SSSR count). The van der Waals surface area contributed by atoms with Crippen LogP contribution in [0.15, 0.2) is 0 Å². The van der Waals surface area contributed by atoms with Crippen LogP contribution >= 0.6 is 0 Å². The number of nitrogens with one attached hydrogen (secondary N) is 2. The first-order chi connectivity index (χ1) is 6.68. The van der Waals surface area contributed by atoms with Gasteiger partial charge < -0.3 is 15.5 Å². The third-order valence-electron chi connectivity index (χ3n) is 2.56. The predicted molar refractivity (Wildman–Crippen MR) is 57.2 cm³/mol. The normalized spacial score (nSPS) is 23.4. The Balaban J connectivity index is 2.03. The van der Waals surface area contributed by atoms with Gasteiger partial charge in [0.15, 0.2) is 0 Å². The lowest BCUT2D eigenvalue weighted by molar-refractivity contribution is -0.118. The number of piperidine rings is 1. The summed E-state index contributed by atoms with van der Waals surface area (Å²) in [5, 5.41) is 6.23. The Hall–Kier alpha value is -0.610. The average Bonchev–Trinajstić information content (AvgIpc) is 2.12. The van der Waals surface area contributed by atoms with Crippen molar-refractivity contribution >= 4 is 5.91 Å². The predicted octanol–water partition coefficient (Wildman–Crippen LogP) is -0.194. The molecule has 0 aromatic rings. The van der Waals surface area contributed by atoms with Crippen molar-refractivity contribution in [3.63, 3.8) is 0 Å². The summed E-state index contributed by atoms with van der Waals surface area (Å²) in [6.45, 7) is 5.49. The number of hydrogen-bond acceptors (Lipinski definition) is 3. The molecule has 1 saturated heterocycles. The van der Waals surface area contributed by atoms with Crippen LogP contribution in [0.1, 0.15) is 19.8 Å². The van der Waals surface area contributed by atoms with Gasteiger partial charge in [0, 0.05) is 32.6 Å². The second-order valence-corrected chi connectivity index (χ2v) is 4.04. The van der Waals surface area contributed by atoms with Crippen LogP contribution in [0.2, 0.25) is 0 Å². The van der Waals surface area contributed by atoms with Gasteiger partial charge in [-0.05, 0) is 26.4 Å². The summed E-state index contributed by atoms with van der Waals surface area (Å²) < 4.78 is 0. The monoisotopic (exact) mass is 199 g/mol. The second-order valence-electron chi connectivity index (χ2n) is 4.04. The molecule has 0 aromatic carbocycles. The first-order valence-electron chi connectivity index (χ1n) is 5.35. The van der Waals surface area contributed by atoms with E-state index in [0.717, 1.165) is 19.6 Å². The van der Waals surface area contributed by atoms with Gasteiger partial charge in [0.2, 0.25) is 5.91 Å². The molecule has 0 radical (unpaired) electrons. The van der Waals surface area contributed by atoms with Gasteiger partial charge in [0.1, 0.15) is 0 Å². The lowest BCUT2D eigenvalue weighted by Crippen LogP contribution is -2.46. The third-order valence-corrected chi connectivity index (χ3v) is 2.56. The molecular formula is C10H21N3O. The van der Waals surface area contributed by atoms with Crippen LogP contribution in [-0.2, 0) is 4.79 Å². The van der Waals surface area contributed by atoms with Crippen LogP contribution in [0.5, 0.6) is 0 Å². The zero-order valence-corrected chi connectivity index (χ0v) is 9.18. The third kappa shape index (κ3) is 4.58. The fraction of sp³-hybridized carbons (Fsp3) is 0.900. The van der Waals surface area contributed by atoms with Crippen LogP contribution in [0.4, 0.5) is 0 Å². The molecule has 0 bridgehead atoms. The molecule has 0 aliphatic carbocycles. The number of amides is 1. The Morgan fingerprint density at radius 3 is 2.93 bits per heavy atom. The SMILES string of the molecule is CC(=O)NCCNC1CCCN(C)C1. The summed E-state index contributed by atoms with van der Waals surface area (Å²) in [5.74, 6) is 0.0487. The molecule has 4 nitrogen and oxygen atoms in total. The van der Waals surface area contributed by atoms with Gasteiger partial charge in [-0.2, -0.15) is 0 Å². The van der Waals surface area contributed by atoms with Crippen molar-refractivity contribution in [1.82, 2.24) is 15.5 Å². The summed E-state index contributed by atoms with van der Waals surface area (Å²) in [4.78, 5) is 12.9. The molecule has 1 aliphatic rings. The summed E-state index contributed by atoms with van der Waals surface area (Å²) >= 11 is 0. The Labute approximate surface area is 86.0 Å². The molecule has 82 valence electrons. The fourth-order valence-electron chi connectivity index (χ4n) is 1.85. The lowest BCUT2D eigenvalue weighted by Gasteiger charge is -2.30. The Morgan fingerprint density at radius 2 is 2.29 bits per heavy atom. The van der Waals surface area contributed by atoms with Crippen LogP contribution in [0.25, 0.3) is 0 Å². The molecule has 1 unspecified atom stereocenters. The average molecular weight is 199 g/mol. The van der Waals surface area contributed by atoms with Crippen molar-refractivity contribution in [2.75, 3.05) is 33.2 Å². The number of rotatable bonds is 4. The molecule has 2 N–H and O–H groups in total. The fourth-order valence-corrected chi connectivity index (χ4v) is 1.85. The van der Waals surface area contributed by atoms with Gasteiger partial charge in [-0.15, -0.1) is 0 Å². The maximum atomic E-state index is 10.6. The maximum absolute atomic E-state index is 10.6. The van der Waals surface area contributed by atoms with E-state index >= 15 is 0 Å². The zero-order valence-electron chi connectivity index (χ0n) is 9.18. The summed E-state index contributed by atoms with van der Waals surface area (Å²) in [6.07, 6.45) is 2.53. The van der Waals surface area contributed by atoms with E-state index in [2.05, 4.69) is 22.6 Å². The van der Waals surface area contributed by atoms with Gasteiger partial charge in [-0.3, -0.25) is 4.79 Å². The van der Waals surface area contributed by atoms with E-state index < -0.39 is 0 Å². The van der Waals surface area contributed by atoms with Crippen LogP contribution in [-0.4, -0.2) is 50.1 Å². The summed E-state index contributed by atoms with van der Waals surface area (Å²) in [7, 11) is 2.15. The summed E-state index contributed by atoms with van der Waals surface area (Å²) in [6, 6.07) is 0.600. The number of nitrogens with zero attached hydrogens (tertiary/aromatic N) is 1. The summed E-state index contributed by atoms with van der Waals surface area (Å²) in [5.41, 5.74) is 0. The van der Waals surface area contributed by atoms with Gasteiger partial charge in [0.05, 0.1) is 0 Å². The van der Waals surface area contributed by atoms with Crippen LogP contribution in [0.3, 0.4) is 0 Å². The first-order valence-corrected chi connectivity index (χ1v) is 5.35. The topological polar surface area (TPSA) is 44.4 Å². The van der Waals surface area contributed by atoms with Gasteiger partial charge in [0.25, 0.3) is 0 Å². The molecule has 0 aromatic heterocycles. The maximum Gasteiger partial charge on any atom is 0.216 e. The molecule has 1 fully saturated rings. The highest BCUT2D eigenvalue weighted by atomic mass is 16.1. The van der Waals surface area contributed by atoms with E-state index in [1.807, 2.05) is 0 Å². The Bertz CT molecular complexity index is 184. The van der Waals surface area contributed by atoms with E-state index in [9.17, 15) is 4.79 Å². The largest absolute Gasteiger partial charge is 0.355 e. The molecule has 0 spiro atoms. The quantitative estimate of drug-likeness (QED) is 0.617. The Kier molecular flexibility index (Phi) is 4.90. The number of likely N-dealkylation sites (tertiary alicyclic amines) is 1. The van der Waals surface area contributed by atoms with Crippen LogP contribution < -0.4 is 10.6 Å². The molecule has 1 atom stereocenters. The Morgan fingerprint density at radius 1 is 1.50 bits per heavy atom. The minimum Gasteiger partial charge on any atom is -0.355 e. The molecular weight excluding hydrogens is 178 g/mol. The number of likely N-dealkylation sites (N-methyl/N-ethyl adjacent to an activating group) is 1. The van der Waals surface area contributed by atoms with Crippen molar-refractivity contribution in [1.29, 1.82) is 0 Å². The van der Waals surface area contributed by atoms with E-state index in [4.69, 9.17) is 0 Å². The van der Waals surface area contributed by atoms with Gasteiger partial charge >= 0.3 is 0 Å². The highest BCUT2D eigenvalue weighted by Gasteiger charge is 2.15. The van der Waals surface area contributed by atoms with Gasteiger partial charge in [-0.1, -0.05) is 0 Å².